The van der Waals surface area contributed by atoms with E-state index in [2.05, 4.69) is 27.4 Å². The van der Waals surface area contributed by atoms with Gasteiger partial charge in [-0.05, 0) is 42.9 Å². The minimum absolute atomic E-state index is 0.0154. The van der Waals surface area contributed by atoms with Crippen LogP contribution in [0.5, 0.6) is 0 Å². The Hall–Kier alpha value is -2.76. The van der Waals surface area contributed by atoms with Gasteiger partial charge in [0.05, 0.1) is 6.20 Å². The summed E-state index contributed by atoms with van der Waals surface area (Å²) in [6, 6.07) is 6.22. The second-order valence-corrected chi connectivity index (χ2v) is 7.23. The third kappa shape index (κ3) is 2.96. The molecule has 1 aromatic carbocycles. The molecule has 6 heteroatoms. The zero-order chi connectivity index (χ0) is 18.3. The van der Waals surface area contributed by atoms with E-state index < -0.39 is 0 Å². The number of hydrogen-bond acceptors (Lipinski definition) is 6. The monoisotopic (exact) mass is 351 g/mol. The number of aryl methyl sites for hydroxylation is 2. The molecule has 0 unspecified atom stereocenters. The molecule has 0 bridgehead atoms. The topological polar surface area (TPSA) is 82.0 Å². The molecule has 3 aromatic rings. The fraction of sp³-hybridized carbons (Fsp3) is 0.400. The summed E-state index contributed by atoms with van der Waals surface area (Å²) in [4.78, 5) is 16.9. The minimum atomic E-state index is 0.0154. The van der Waals surface area contributed by atoms with Gasteiger partial charge in [-0.1, -0.05) is 36.3 Å². The molecule has 1 atom stereocenters. The van der Waals surface area contributed by atoms with Gasteiger partial charge in [-0.25, -0.2) is 0 Å². The van der Waals surface area contributed by atoms with Crippen LogP contribution >= 0.6 is 0 Å². The van der Waals surface area contributed by atoms with E-state index in [1.54, 1.807) is 6.20 Å². The summed E-state index contributed by atoms with van der Waals surface area (Å²) < 4.78 is 10.4. The minimum Gasteiger partial charge on any atom is -0.353 e. The highest BCUT2D eigenvalue weighted by Crippen LogP contribution is 2.38. The van der Waals surface area contributed by atoms with E-state index in [-0.39, 0.29) is 17.6 Å². The molecule has 0 aliphatic heterocycles. The average molecular weight is 351 g/mol. The van der Waals surface area contributed by atoms with Gasteiger partial charge in [-0.3, -0.25) is 4.79 Å². The Bertz CT molecular complexity index is 955. The van der Waals surface area contributed by atoms with Gasteiger partial charge in [0, 0.05) is 23.5 Å². The van der Waals surface area contributed by atoms with Gasteiger partial charge < -0.3 is 9.05 Å². The van der Waals surface area contributed by atoms with Crippen LogP contribution < -0.4 is 0 Å². The molecule has 2 heterocycles. The number of aromatic nitrogens is 3. The van der Waals surface area contributed by atoms with Gasteiger partial charge in [0.1, 0.15) is 0 Å². The van der Waals surface area contributed by atoms with Crippen molar-refractivity contribution in [3.63, 3.8) is 0 Å². The molecular formula is C20H21N3O3. The molecule has 6 nitrogen and oxygen atoms in total. The van der Waals surface area contributed by atoms with Crippen LogP contribution in [0.3, 0.4) is 0 Å². The molecular weight excluding hydrogens is 330 g/mol. The first kappa shape index (κ1) is 16.7. The maximum absolute atomic E-state index is 12.5. The van der Waals surface area contributed by atoms with E-state index in [0.717, 1.165) is 24.0 Å². The van der Waals surface area contributed by atoms with Gasteiger partial charge in [0.25, 0.3) is 0 Å². The standard InChI is InChI=1S/C20H21N3O3/c1-11(2)20-22-19(23-26-20)15-6-7-16-13(8-15)4-5-14(16)9-17(24)18-12(3)10-21-25-18/h6-8,10-11,14H,4-5,9H2,1-3H3/t14-/m0/s1. The molecule has 0 radical (unpaired) electrons. The van der Waals surface area contributed by atoms with Crippen molar-refractivity contribution in [2.75, 3.05) is 0 Å². The summed E-state index contributed by atoms with van der Waals surface area (Å²) in [5.74, 6) is 2.08. The van der Waals surface area contributed by atoms with E-state index in [9.17, 15) is 4.79 Å². The molecule has 26 heavy (non-hydrogen) atoms. The van der Waals surface area contributed by atoms with Crippen molar-refractivity contribution in [2.24, 2.45) is 0 Å². The maximum Gasteiger partial charge on any atom is 0.229 e. The van der Waals surface area contributed by atoms with Crippen molar-refractivity contribution < 1.29 is 13.8 Å². The number of Topliss-reactive ketones (excluding diaryl/α,β-unsaturated/α-hetero) is 1. The first-order valence-electron chi connectivity index (χ1n) is 8.94. The highest BCUT2D eigenvalue weighted by Gasteiger charge is 2.27. The van der Waals surface area contributed by atoms with Crippen molar-refractivity contribution in [3.05, 3.63) is 52.7 Å². The first-order valence-corrected chi connectivity index (χ1v) is 8.94. The zero-order valence-electron chi connectivity index (χ0n) is 15.2. The summed E-state index contributed by atoms with van der Waals surface area (Å²) in [5, 5.41) is 7.79. The SMILES string of the molecule is Cc1cnoc1C(=O)C[C@@H]1CCc2cc(-c3noc(C(C)C)n3)ccc21. The molecule has 2 aromatic heterocycles. The van der Waals surface area contributed by atoms with E-state index in [1.807, 2.05) is 26.8 Å². The number of nitrogens with zero attached hydrogens (tertiary/aromatic N) is 3. The van der Waals surface area contributed by atoms with Crippen LogP contribution in [0.25, 0.3) is 11.4 Å². The Kier molecular flexibility index (Phi) is 4.18. The van der Waals surface area contributed by atoms with Gasteiger partial charge in [0.2, 0.25) is 23.3 Å². The Balaban J connectivity index is 1.54. The lowest BCUT2D eigenvalue weighted by atomic mass is 9.93. The third-order valence-corrected chi connectivity index (χ3v) is 4.97. The van der Waals surface area contributed by atoms with Gasteiger partial charge in [-0.15, -0.1) is 0 Å². The van der Waals surface area contributed by atoms with Crippen molar-refractivity contribution in [1.82, 2.24) is 15.3 Å². The quantitative estimate of drug-likeness (QED) is 0.631. The zero-order valence-corrected chi connectivity index (χ0v) is 15.2. The predicted octanol–water partition coefficient (Wildman–Crippen LogP) is 4.46. The lowest BCUT2D eigenvalue weighted by Crippen LogP contribution is -2.05. The van der Waals surface area contributed by atoms with E-state index in [4.69, 9.17) is 9.05 Å². The molecule has 0 saturated carbocycles. The van der Waals surface area contributed by atoms with Gasteiger partial charge in [-0.2, -0.15) is 4.98 Å². The number of fused-ring (bicyclic) bond motifs is 1. The highest BCUT2D eigenvalue weighted by molar-refractivity contribution is 5.95. The molecule has 1 aliphatic rings. The van der Waals surface area contributed by atoms with Crippen LogP contribution in [0.15, 0.2) is 33.4 Å². The molecule has 0 amide bonds. The smallest absolute Gasteiger partial charge is 0.229 e. The third-order valence-electron chi connectivity index (χ3n) is 4.97. The Labute approximate surface area is 151 Å². The highest BCUT2D eigenvalue weighted by atomic mass is 16.5. The molecule has 0 spiro atoms. The first-order chi connectivity index (χ1) is 12.5. The summed E-state index contributed by atoms with van der Waals surface area (Å²) in [6.07, 6.45) is 3.94. The van der Waals surface area contributed by atoms with Crippen molar-refractivity contribution in [1.29, 1.82) is 0 Å². The van der Waals surface area contributed by atoms with Crippen LogP contribution in [0, 0.1) is 6.92 Å². The number of ketones is 1. The summed E-state index contributed by atoms with van der Waals surface area (Å²) >= 11 is 0. The molecule has 4 rings (SSSR count). The van der Waals surface area contributed by atoms with E-state index in [1.165, 1.54) is 11.1 Å². The lowest BCUT2D eigenvalue weighted by molar-refractivity contribution is 0.0936. The second-order valence-electron chi connectivity index (χ2n) is 7.23. The van der Waals surface area contributed by atoms with E-state index >= 15 is 0 Å². The molecule has 0 N–H and O–H groups in total. The van der Waals surface area contributed by atoms with Crippen LogP contribution in [0.1, 0.15) is 71.7 Å². The van der Waals surface area contributed by atoms with Crippen LogP contribution in [-0.4, -0.2) is 21.1 Å². The molecule has 0 saturated heterocycles. The second kappa shape index (κ2) is 6.52. The number of hydrogen-bond donors (Lipinski definition) is 0. The van der Waals surface area contributed by atoms with Crippen LogP contribution in [-0.2, 0) is 6.42 Å². The Morgan fingerprint density at radius 2 is 2.15 bits per heavy atom. The van der Waals surface area contributed by atoms with Crippen molar-refractivity contribution >= 4 is 5.78 Å². The number of carbonyl (C=O) groups is 1. The maximum atomic E-state index is 12.5. The van der Waals surface area contributed by atoms with Crippen molar-refractivity contribution in [2.45, 2.75) is 51.9 Å². The number of carbonyl (C=O) groups excluding carboxylic acids is 1. The van der Waals surface area contributed by atoms with Gasteiger partial charge in [0.15, 0.2) is 0 Å². The predicted molar refractivity (Wildman–Crippen MR) is 95.1 cm³/mol. The molecule has 0 fully saturated rings. The normalized spacial score (nSPS) is 16.2. The average Bonchev–Trinajstić information content (AvgIpc) is 3.34. The van der Waals surface area contributed by atoms with E-state index in [0.29, 0.717) is 23.9 Å². The Morgan fingerprint density at radius 3 is 2.85 bits per heavy atom. The Morgan fingerprint density at radius 1 is 1.31 bits per heavy atom. The molecule has 134 valence electrons. The number of benzene rings is 1. The summed E-state index contributed by atoms with van der Waals surface area (Å²) in [6.45, 7) is 5.89. The van der Waals surface area contributed by atoms with Crippen LogP contribution in [0.2, 0.25) is 0 Å². The fourth-order valence-corrected chi connectivity index (χ4v) is 3.52. The summed E-state index contributed by atoms with van der Waals surface area (Å²) in [7, 11) is 0. The van der Waals surface area contributed by atoms with Crippen LogP contribution in [0.4, 0.5) is 0 Å². The van der Waals surface area contributed by atoms with Gasteiger partial charge >= 0.3 is 0 Å². The largest absolute Gasteiger partial charge is 0.353 e. The molecule has 1 aliphatic carbocycles. The number of rotatable bonds is 5. The summed E-state index contributed by atoms with van der Waals surface area (Å²) in [5.41, 5.74) is 4.23. The van der Waals surface area contributed by atoms with Crippen molar-refractivity contribution in [3.8, 4) is 11.4 Å². The lowest BCUT2D eigenvalue weighted by Gasteiger charge is -2.10. The fourth-order valence-electron chi connectivity index (χ4n) is 3.52.